The van der Waals surface area contributed by atoms with Crippen LogP contribution in [0.15, 0.2) is 0 Å². The second kappa shape index (κ2) is 8.11. The van der Waals surface area contributed by atoms with Crippen molar-refractivity contribution >= 4 is 11.9 Å². The Balaban J connectivity index is 2.24. The van der Waals surface area contributed by atoms with Crippen LogP contribution in [-0.4, -0.2) is 23.0 Å². The van der Waals surface area contributed by atoms with E-state index in [1.54, 1.807) is 0 Å². The van der Waals surface area contributed by atoms with E-state index in [1.807, 2.05) is 6.92 Å². The summed E-state index contributed by atoms with van der Waals surface area (Å²) >= 11 is 0. The van der Waals surface area contributed by atoms with Gasteiger partial charge in [0.25, 0.3) is 0 Å². The second-order valence-corrected chi connectivity index (χ2v) is 5.29. The Kier molecular flexibility index (Phi) is 6.76. The van der Waals surface area contributed by atoms with Crippen LogP contribution in [0.4, 0.5) is 0 Å². The summed E-state index contributed by atoms with van der Waals surface area (Å²) < 4.78 is 0. The van der Waals surface area contributed by atoms with Crippen LogP contribution in [0.1, 0.15) is 64.7 Å². The molecule has 18 heavy (non-hydrogen) atoms. The van der Waals surface area contributed by atoms with E-state index in [4.69, 9.17) is 5.11 Å². The molecular formula is C14H25NO3. The van der Waals surface area contributed by atoms with Crippen molar-refractivity contribution in [1.29, 1.82) is 0 Å². The van der Waals surface area contributed by atoms with Gasteiger partial charge < -0.3 is 10.4 Å². The molecule has 0 aliphatic heterocycles. The van der Waals surface area contributed by atoms with Gasteiger partial charge in [0.05, 0.1) is 0 Å². The summed E-state index contributed by atoms with van der Waals surface area (Å²) in [6, 6.07) is -0.707. The molecule has 1 aliphatic carbocycles. The zero-order chi connectivity index (χ0) is 13.4. The molecule has 4 heteroatoms. The quantitative estimate of drug-likeness (QED) is 0.700. The van der Waals surface area contributed by atoms with Crippen LogP contribution < -0.4 is 5.32 Å². The summed E-state index contributed by atoms with van der Waals surface area (Å²) in [5, 5.41) is 11.7. The van der Waals surface area contributed by atoms with E-state index in [0.29, 0.717) is 18.8 Å². The van der Waals surface area contributed by atoms with E-state index in [2.05, 4.69) is 5.32 Å². The van der Waals surface area contributed by atoms with Gasteiger partial charge in [-0.1, -0.05) is 45.4 Å². The molecule has 1 atom stereocenters. The van der Waals surface area contributed by atoms with Crippen molar-refractivity contribution in [3.8, 4) is 0 Å². The number of rotatable bonds is 8. The second-order valence-electron chi connectivity index (χ2n) is 5.29. The molecule has 2 N–H and O–H groups in total. The predicted octanol–water partition coefficient (Wildman–Crippen LogP) is 2.72. The monoisotopic (exact) mass is 255 g/mol. The Labute approximate surface area is 109 Å². The number of unbranched alkanes of at least 4 members (excludes halogenated alkanes) is 1. The maximum atomic E-state index is 11.7. The van der Waals surface area contributed by atoms with Gasteiger partial charge in [-0.15, -0.1) is 0 Å². The Morgan fingerprint density at radius 3 is 2.56 bits per heavy atom. The van der Waals surface area contributed by atoms with Crippen LogP contribution in [0, 0.1) is 5.92 Å². The maximum Gasteiger partial charge on any atom is 0.326 e. The molecule has 4 nitrogen and oxygen atoms in total. The van der Waals surface area contributed by atoms with Crippen LogP contribution in [0.2, 0.25) is 0 Å². The standard InChI is InChI=1S/C14H25NO3/c1-2-3-8-12(14(17)18)15-13(16)10-9-11-6-4-5-7-11/h11-12H,2-10H2,1H3,(H,15,16)(H,17,18)/t12-/m0/s1. The van der Waals surface area contributed by atoms with Crippen molar-refractivity contribution in [2.24, 2.45) is 5.92 Å². The summed E-state index contributed by atoms with van der Waals surface area (Å²) in [4.78, 5) is 22.7. The molecule has 1 amide bonds. The average molecular weight is 255 g/mol. The van der Waals surface area contributed by atoms with Crippen LogP contribution in [0.3, 0.4) is 0 Å². The van der Waals surface area contributed by atoms with E-state index < -0.39 is 12.0 Å². The van der Waals surface area contributed by atoms with E-state index >= 15 is 0 Å². The highest BCUT2D eigenvalue weighted by atomic mass is 16.4. The minimum absolute atomic E-state index is 0.106. The molecule has 0 spiro atoms. The SMILES string of the molecule is CCCC[C@H](NC(=O)CCC1CCCC1)C(=O)O. The lowest BCUT2D eigenvalue weighted by Gasteiger charge is -2.15. The number of hydrogen-bond acceptors (Lipinski definition) is 2. The number of hydrogen-bond donors (Lipinski definition) is 2. The molecule has 0 unspecified atom stereocenters. The minimum atomic E-state index is -0.919. The molecule has 0 heterocycles. The highest BCUT2D eigenvalue weighted by molar-refractivity contribution is 5.83. The molecular weight excluding hydrogens is 230 g/mol. The molecule has 1 rings (SSSR count). The van der Waals surface area contributed by atoms with Crippen molar-refractivity contribution in [3.63, 3.8) is 0 Å². The van der Waals surface area contributed by atoms with Gasteiger partial charge in [-0.2, -0.15) is 0 Å². The van der Waals surface area contributed by atoms with Crippen molar-refractivity contribution in [1.82, 2.24) is 5.32 Å². The number of amides is 1. The Morgan fingerprint density at radius 2 is 2.00 bits per heavy atom. The van der Waals surface area contributed by atoms with Gasteiger partial charge in [-0.3, -0.25) is 4.79 Å². The summed E-state index contributed by atoms with van der Waals surface area (Å²) in [5.74, 6) is -0.349. The molecule has 1 saturated carbocycles. The van der Waals surface area contributed by atoms with Crippen molar-refractivity contribution in [3.05, 3.63) is 0 Å². The van der Waals surface area contributed by atoms with Gasteiger partial charge in [-0.05, 0) is 18.8 Å². The summed E-state index contributed by atoms with van der Waals surface area (Å²) in [5.41, 5.74) is 0. The normalized spacial score (nSPS) is 17.6. The van der Waals surface area contributed by atoms with Crippen LogP contribution in [0.25, 0.3) is 0 Å². The summed E-state index contributed by atoms with van der Waals surface area (Å²) in [6.45, 7) is 2.01. The third-order valence-electron chi connectivity index (χ3n) is 3.73. The zero-order valence-electron chi connectivity index (χ0n) is 11.3. The van der Waals surface area contributed by atoms with Crippen LogP contribution in [-0.2, 0) is 9.59 Å². The molecule has 0 bridgehead atoms. The topological polar surface area (TPSA) is 66.4 Å². The van der Waals surface area contributed by atoms with Crippen molar-refractivity contribution < 1.29 is 14.7 Å². The lowest BCUT2D eigenvalue weighted by Crippen LogP contribution is -2.40. The molecule has 0 saturated heterocycles. The number of carbonyl (C=O) groups is 2. The predicted molar refractivity (Wildman–Crippen MR) is 70.3 cm³/mol. The number of carboxylic acid groups (broad SMARTS) is 1. The lowest BCUT2D eigenvalue weighted by atomic mass is 10.0. The number of carboxylic acids is 1. The smallest absolute Gasteiger partial charge is 0.326 e. The first-order valence-corrected chi connectivity index (χ1v) is 7.15. The van der Waals surface area contributed by atoms with Gasteiger partial charge in [0.1, 0.15) is 6.04 Å². The van der Waals surface area contributed by atoms with Crippen LogP contribution >= 0.6 is 0 Å². The Hall–Kier alpha value is -1.06. The first kappa shape index (κ1) is 15.0. The van der Waals surface area contributed by atoms with E-state index in [1.165, 1.54) is 25.7 Å². The lowest BCUT2D eigenvalue weighted by molar-refractivity contribution is -0.142. The molecule has 1 aliphatic rings. The molecule has 0 aromatic heterocycles. The third-order valence-corrected chi connectivity index (χ3v) is 3.73. The van der Waals surface area contributed by atoms with Crippen molar-refractivity contribution in [2.75, 3.05) is 0 Å². The molecule has 104 valence electrons. The minimum Gasteiger partial charge on any atom is -0.480 e. The largest absolute Gasteiger partial charge is 0.480 e. The van der Waals surface area contributed by atoms with Gasteiger partial charge in [0.2, 0.25) is 5.91 Å². The average Bonchev–Trinajstić information content (AvgIpc) is 2.84. The molecule has 0 aromatic rings. The molecule has 0 aromatic carbocycles. The molecule has 1 fully saturated rings. The van der Waals surface area contributed by atoms with Gasteiger partial charge in [0, 0.05) is 6.42 Å². The van der Waals surface area contributed by atoms with Crippen molar-refractivity contribution in [2.45, 2.75) is 70.8 Å². The van der Waals surface area contributed by atoms with Gasteiger partial charge in [0.15, 0.2) is 0 Å². The van der Waals surface area contributed by atoms with Gasteiger partial charge in [-0.25, -0.2) is 4.79 Å². The third kappa shape index (κ3) is 5.52. The first-order valence-electron chi connectivity index (χ1n) is 7.15. The Bertz CT molecular complexity index is 272. The van der Waals surface area contributed by atoms with Crippen LogP contribution in [0.5, 0.6) is 0 Å². The Morgan fingerprint density at radius 1 is 1.33 bits per heavy atom. The highest BCUT2D eigenvalue weighted by Crippen LogP contribution is 2.28. The fourth-order valence-corrected chi connectivity index (χ4v) is 2.57. The fraction of sp³-hybridized carbons (Fsp3) is 0.857. The number of aliphatic carboxylic acids is 1. The highest BCUT2D eigenvalue weighted by Gasteiger charge is 2.20. The summed E-state index contributed by atoms with van der Waals surface area (Å²) in [7, 11) is 0. The van der Waals surface area contributed by atoms with Gasteiger partial charge >= 0.3 is 5.97 Å². The molecule has 0 radical (unpaired) electrons. The number of nitrogens with one attached hydrogen (secondary N) is 1. The maximum absolute atomic E-state index is 11.7. The number of carbonyl (C=O) groups excluding carboxylic acids is 1. The fourth-order valence-electron chi connectivity index (χ4n) is 2.57. The van der Waals surface area contributed by atoms with E-state index in [-0.39, 0.29) is 5.91 Å². The van der Waals surface area contributed by atoms with E-state index in [0.717, 1.165) is 19.3 Å². The zero-order valence-corrected chi connectivity index (χ0v) is 11.3. The van der Waals surface area contributed by atoms with E-state index in [9.17, 15) is 9.59 Å². The summed E-state index contributed by atoms with van der Waals surface area (Å²) in [6.07, 6.45) is 8.70. The first-order chi connectivity index (χ1) is 8.63.